The largest absolute Gasteiger partial charge is 0.421 e. The summed E-state index contributed by atoms with van der Waals surface area (Å²) in [6, 6.07) is 18.6. The summed E-state index contributed by atoms with van der Waals surface area (Å²) >= 11 is 0. The molecule has 118 valence electrons. The number of benzene rings is 2. The summed E-state index contributed by atoms with van der Waals surface area (Å²) in [7, 11) is 0. The molecule has 0 spiro atoms. The van der Waals surface area contributed by atoms with Gasteiger partial charge in [0.05, 0.1) is 11.8 Å². The average molecular weight is 310 g/mol. The summed E-state index contributed by atoms with van der Waals surface area (Å²) in [4.78, 5) is 24.8. The van der Waals surface area contributed by atoms with Crippen LogP contribution >= 0.6 is 0 Å². The lowest BCUT2D eigenvalue weighted by Gasteiger charge is -2.23. The molecule has 0 N–H and O–H groups in total. The van der Waals surface area contributed by atoms with Crippen LogP contribution < -0.4 is 0 Å². The second kappa shape index (κ2) is 6.24. The van der Waals surface area contributed by atoms with Gasteiger partial charge in [-0.1, -0.05) is 60.7 Å². The standard InChI is InChI=1S/C19H18O4/c1-19(12-14-8-4-2-5-9-14)13-16(20)22-17(23-18(19)21)15-10-6-3-7-11-15/h2-11,17H,12-13H2,1H3. The fourth-order valence-electron chi connectivity index (χ4n) is 2.74. The molecular weight excluding hydrogens is 292 g/mol. The molecule has 0 aliphatic carbocycles. The Morgan fingerprint density at radius 2 is 1.57 bits per heavy atom. The zero-order chi connectivity index (χ0) is 16.3. The number of carbonyl (C=O) groups is 2. The number of carbonyl (C=O) groups excluding carboxylic acids is 2. The predicted octanol–water partition coefficient (Wildman–Crippen LogP) is 3.42. The summed E-state index contributed by atoms with van der Waals surface area (Å²) in [6.45, 7) is 1.75. The van der Waals surface area contributed by atoms with Crippen LogP contribution in [0.25, 0.3) is 0 Å². The van der Waals surface area contributed by atoms with E-state index in [9.17, 15) is 9.59 Å². The fraction of sp³-hybridized carbons (Fsp3) is 0.263. The summed E-state index contributed by atoms with van der Waals surface area (Å²) in [6.07, 6.45) is -0.540. The molecule has 1 heterocycles. The summed E-state index contributed by atoms with van der Waals surface area (Å²) in [5.74, 6) is -0.843. The highest BCUT2D eigenvalue weighted by atomic mass is 16.7. The molecule has 2 aromatic carbocycles. The van der Waals surface area contributed by atoms with E-state index in [2.05, 4.69) is 0 Å². The monoisotopic (exact) mass is 310 g/mol. The van der Waals surface area contributed by atoms with Crippen molar-refractivity contribution in [1.82, 2.24) is 0 Å². The van der Waals surface area contributed by atoms with Crippen molar-refractivity contribution in [3.63, 3.8) is 0 Å². The average Bonchev–Trinajstić information content (AvgIpc) is 2.66. The molecule has 1 saturated heterocycles. The predicted molar refractivity (Wildman–Crippen MR) is 84.2 cm³/mol. The number of cyclic esters (lactones) is 2. The molecule has 4 heteroatoms. The van der Waals surface area contributed by atoms with E-state index in [1.165, 1.54) is 0 Å². The van der Waals surface area contributed by atoms with Crippen molar-refractivity contribution >= 4 is 11.9 Å². The third-order valence-corrected chi connectivity index (χ3v) is 3.99. The van der Waals surface area contributed by atoms with Gasteiger partial charge in [-0.25, -0.2) is 0 Å². The van der Waals surface area contributed by atoms with Crippen molar-refractivity contribution in [2.75, 3.05) is 0 Å². The van der Waals surface area contributed by atoms with Crippen molar-refractivity contribution < 1.29 is 19.1 Å². The lowest BCUT2D eigenvalue weighted by atomic mass is 9.80. The molecule has 0 amide bonds. The second-order valence-electron chi connectivity index (χ2n) is 6.04. The molecule has 0 radical (unpaired) electrons. The Morgan fingerprint density at radius 1 is 0.957 bits per heavy atom. The van der Waals surface area contributed by atoms with Gasteiger partial charge < -0.3 is 9.47 Å². The van der Waals surface area contributed by atoms with Gasteiger partial charge in [-0.15, -0.1) is 0 Å². The van der Waals surface area contributed by atoms with Crippen LogP contribution in [-0.2, 0) is 25.5 Å². The first kappa shape index (κ1) is 15.3. The Kier molecular flexibility index (Phi) is 4.15. The van der Waals surface area contributed by atoms with Crippen LogP contribution in [-0.4, -0.2) is 11.9 Å². The van der Waals surface area contributed by atoms with E-state index in [0.717, 1.165) is 5.56 Å². The van der Waals surface area contributed by atoms with Gasteiger partial charge in [-0.2, -0.15) is 0 Å². The SMILES string of the molecule is CC1(Cc2ccccc2)CC(=O)OC(c2ccccc2)OC1=O. The molecular formula is C19H18O4. The van der Waals surface area contributed by atoms with E-state index in [0.29, 0.717) is 12.0 Å². The molecule has 2 aromatic rings. The van der Waals surface area contributed by atoms with Crippen molar-refractivity contribution in [3.8, 4) is 0 Å². The highest BCUT2D eigenvalue weighted by Crippen LogP contribution is 2.35. The van der Waals surface area contributed by atoms with Gasteiger partial charge in [0, 0.05) is 5.56 Å². The Balaban J connectivity index is 1.84. The molecule has 23 heavy (non-hydrogen) atoms. The minimum atomic E-state index is -0.978. The first-order valence-electron chi connectivity index (χ1n) is 7.56. The molecule has 0 saturated carbocycles. The fourth-order valence-corrected chi connectivity index (χ4v) is 2.74. The minimum Gasteiger partial charge on any atom is -0.421 e. The van der Waals surface area contributed by atoms with Gasteiger partial charge in [-0.3, -0.25) is 9.59 Å². The van der Waals surface area contributed by atoms with E-state index < -0.39 is 23.6 Å². The minimum absolute atomic E-state index is 0.00403. The van der Waals surface area contributed by atoms with Crippen LogP contribution in [0.4, 0.5) is 0 Å². The Bertz CT molecular complexity index is 696. The van der Waals surface area contributed by atoms with Gasteiger partial charge in [0.1, 0.15) is 0 Å². The Hall–Kier alpha value is -2.62. The zero-order valence-corrected chi connectivity index (χ0v) is 12.9. The summed E-state index contributed by atoms with van der Waals surface area (Å²) < 4.78 is 10.8. The van der Waals surface area contributed by atoms with Gasteiger partial charge in [-0.05, 0) is 18.9 Å². The first-order chi connectivity index (χ1) is 11.1. The maximum atomic E-state index is 12.6. The van der Waals surface area contributed by atoms with Crippen LogP contribution in [0, 0.1) is 5.41 Å². The number of rotatable bonds is 3. The normalized spacial score (nSPS) is 24.5. The number of hydrogen-bond donors (Lipinski definition) is 0. The topological polar surface area (TPSA) is 52.6 Å². The maximum Gasteiger partial charge on any atom is 0.316 e. The third-order valence-electron chi connectivity index (χ3n) is 3.99. The highest BCUT2D eigenvalue weighted by Gasteiger charge is 2.43. The first-order valence-corrected chi connectivity index (χ1v) is 7.56. The Morgan fingerprint density at radius 3 is 2.22 bits per heavy atom. The van der Waals surface area contributed by atoms with Crippen molar-refractivity contribution in [2.24, 2.45) is 5.41 Å². The van der Waals surface area contributed by atoms with E-state index >= 15 is 0 Å². The summed E-state index contributed by atoms with van der Waals surface area (Å²) in [5.41, 5.74) is 0.707. The second-order valence-corrected chi connectivity index (χ2v) is 6.04. The van der Waals surface area contributed by atoms with Crippen LogP contribution in [0.3, 0.4) is 0 Å². The highest BCUT2D eigenvalue weighted by molar-refractivity contribution is 5.85. The van der Waals surface area contributed by atoms with Gasteiger partial charge in [0.25, 0.3) is 6.29 Å². The molecule has 2 unspecified atom stereocenters. The van der Waals surface area contributed by atoms with Crippen LogP contribution in [0.1, 0.15) is 30.8 Å². The smallest absolute Gasteiger partial charge is 0.316 e. The molecule has 3 rings (SSSR count). The van der Waals surface area contributed by atoms with Gasteiger partial charge in [0.2, 0.25) is 0 Å². The van der Waals surface area contributed by atoms with Crippen LogP contribution in [0.15, 0.2) is 60.7 Å². The number of ether oxygens (including phenoxy) is 2. The molecule has 2 atom stereocenters. The van der Waals surface area contributed by atoms with Gasteiger partial charge >= 0.3 is 11.9 Å². The molecule has 0 aromatic heterocycles. The third kappa shape index (κ3) is 3.42. The molecule has 0 bridgehead atoms. The molecule has 1 aliphatic rings. The lowest BCUT2D eigenvalue weighted by molar-refractivity contribution is -0.185. The number of hydrogen-bond acceptors (Lipinski definition) is 4. The van der Waals surface area contributed by atoms with Crippen molar-refractivity contribution in [2.45, 2.75) is 26.1 Å². The molecule has 1 aliphatic heterocycles. The zero-order valence-electron chi connectivity index (χ0n) is 12.9. The molecule has 1 fully saturated rings. The van der Waals surface area contributed by atoms with E-state index in [1.807, 2.05) is 48.5 Å². The summed E-state index contributed by atoms with van der Waals surface area (Å²) in [5, 5.41) is 0. The van der Waals surface area contributed by atoms with E-state index in [-0.39, 0.29) is 6.42 Å². The maximum absolute atomic E-state index is 12.6. The lowest BCUT2D eigenvalue weighted by Crippen LogP contribution is -2.32. The van der Waals surface area contributed by atoms with E-state index in [4.69, 9.17) is 9.47 Å². The molecule has 4 nitrogen and oxygen atoms in total. The van der Waals surface area contributed by atoms with Crippen LogP contribution in [0.2, 0.25) is 0 Å². The van der Waals surface area contributed by atoms with Gasteiger partial charge in [0.15, 0.2) is 0 Å². The van der Waals surface area contributed by atoms with Crippen LogP contribution in [0.5, 0.6) is 0 Å². The van der Waals surface area contributed by atoms with E-state index in [1.54, 1.807) is 19.1 Å². The van der Waals surface area contributed by atoms with Crippen molar-refractivity contribution in [1.29, 1.82) is 0 Å². The quantitative estimate of drug-likeness (QED) is 0.815. The Labute approximate surface area is 135 Å². The van der Waals surface area contributed by atoms with Crippen molar-refractivity contribution in [3.05, 3.63) is 71.8 Å². The number of esters is 2.